The van der Waals surface area contributed by atoms with E-state index < -0.39 is 49.5 Å². The number of carbonyl (C=O) groups is 1. The third kappa shape index (κ3) is 48.7. The molecule has 1 saturated heterocycles. The minimum Gasteiger partial charge on any atom is -0.394 e. The van der Waals surface area contributed by atoms with Crippen LogP contribution in [-0.2, 0) is 14.3 Å². The van der Waals surface area contributed by atoms with Gasteiger partial charge in [0.15, 0.2) is 6.29 Å². The number of allylic oxidation sites excluding steroid dienone is 4. The maximum atomic E-state index is 13.1. The van der Waals surface area contributed by atoms with Gasteiger partial charge in [0.1, 0.15) is 24.4 Å². The van der Waals surface area contributed by atoms with Gasteiger partial charge in [-0.1, -0.05) is 334 Å². The van der Waals surface area contributed by atoms with Crippen molar-refractivity contribution in [2.45, 2.75) is 403 Å². The summed E-state index contributed by atoms with van der Waals surface area (Å²) in [4.78, 5) is 13.1. The maximum absolute atomic E-state index is 13.1. The zero-order valence-electron chi connectivity index (χ0n) is 52.4. The lowest BCUT2D eigenvalue weighted by atomic mass is 9.99. The van der Waals surface area contributed by atoms with Crippen LogP contribution >= 0.6 is 0 Å². The average molecular weight is 1120 g/mol. The number of aliphatic hydroxyl groups excluding tert-OH is 5. The molecule has 1 aliphatic heterocycles. The van der Waals surface area contributed by atoms with E-state index in [2.05, 4.69) is 43.5 Å². The predicted molar refractivity (Wildman–Crippen MR) is 337 cm³/mol. The summed E-state index contributed by atoms with van der Waals surface area (Å²) in [5, 5.41) is 54.9. The van der Waals surface area contributed by atoms with Crippen molar-refractivity contribution < 1.29 is 39.8 Å². The first-order valence-corrected chi connectivity index (χ1v) is 35.0. The molecule has 1 amide bonds. The Morgan fingerprint density at radius 1 is 0.430 bits per heavy atom. The van der Waals surface area contributed by atoms with Crippen molar-refractivity contribution in [2.75, 3.05) is 13.2 Å². The number of aliphatic hydroxyl groups is 5. The zero-order chi connectivity index (χ0) is 57.2. The predicted octanol–water partition coefficient (Wildman–Crippen LogP) is 18.9. The van der Waals surface area contributed by atoms with Gasteiger partial charge in [-0.15, -0.1) is 0 Å². The molecule has 9 heteroatoms. The first-order chi connectivity index (χ1) is 38.8. The molecule has 0 aromatic carbocycles. The molecule has 0 saturated carbocycles. The van der Waals surface area contributed by atoms with Gasteiger partial charge in [-0.25, -0.2) is 0 Å². The number of hydrogen-bond donors (Lipinski definition) is 6. The van der Waals surface area contributed by atoms with Crippen LogP contribution in [0.5, 0.6) is 0 Å². The minimum absolute atomic E-state index is 0.133. The Morgan fingerprint density at radius 3 is 1.09 bits per heavy atom. The second-order valence-electron chi connectivity index (χ2n) is 24.7. The van der Waals surface area contributed by atoms with E-state index in [1.807, 2.05) is 0 Å². The molecule has 7 unspecified atom stereocenters. The van der Waals surface area contributed by atoms with Crippen LogP contribution in [0.4, 0.5) is 0 Å². The summed E-state index contributed by atoms with van der Waals surface area (Å²) in [6.07, 6.45) is 71.1. The van der Waals surface area contributed by atoms with Gasteiger partial charge < -0.3 is 40.3 Å². The Balaban J connectivity index is 2.08. The highest BCUT2D eigenvalue weighted by atomic mass is 16.7. The molecule has 0 radical (unpaired) electrons. The summed E-state index contributed by atoms with van der Waals surface area (Å²) in [6, 6.07) is -0.718. The third-order valence-electron chi connectivity index (χ3n) is 17.1. The molecule has 7 atom stereocenters. The normalized spacial score (nSPS) is 18.6. The van der Waals surface area contributed by atoms with Gasteiger partial charge in [-0.3, -0.25) is 4.79 Å². The summed E-state index contributed by atoms with van der Waals surface area (Å²) in [5.74, 6) is -0.137. The fourth-order valence-corrected chi connectivity index (χ4v) is 11.6. The molecule has 468 valence electrons. The van der Waals surface area contributed by atoms with Gasteiger partial charge in [-0.2, -0.15) is 0 Å². The smallest absolute Gasteiger partial charge is 0.220 e. The highest BCUT2D eigenvalue weighted by molar-refractivity contribution is 5.76. The van der Waals surface area contributed by atoms with Crippen molar-refractivity contribution in [3.05, 3.63) is 24.3 Å². The zero-order valence-corrected chi connectivity index (χ0v) is 52.4. The van der Waals surface area contributed by atoms with E-state index in [0.29, 0.717) is 12.8 Å². The second kappa shape index (κ2) is 59.8. The largest absolute Gasteiger partial charge is 0.394 e. The number of amides is 1. The lowest BCUT2D eigenvalue weighted by molar-refractivity contribution is -0.302. The molecule has 1 aliphatic rings. The van der Waals surface area contributed by atoms with Crippen LogP contribution in [0.3, 0.4) is 0 Å². The highest BCUT2D eigenvalue weighted by Crippen LogP contribution is 2.24. The van der Waals surface area contributed by atoms with Gasteiger partial charge >= 0.3 is 0 Å². The molecule has 1 fully saturated rings. The van der Waals surface area contributed by atoms with Crippen molar-refractivity contribution in [1.29, 1.82) is 0 Å². The first kappa shape index (κ1) is 75.7. The Bertz CT molecular complexity index is 1300. The molecular formula is C70H135NO8. The molecule has 1 heterocycles. The van der Waals surface area contributed by atoms with E-state index in [1.54, 1.807) is 0 Å². The standard InChI is InChI=1S/C70H135NO8/c1-3-5-7-9-11-13-15-17-19-21-23-25-26-27-28-29-30-31-32-33-34-35-36-37-38-40-42-44-46-48-50-52-54-56-58-60-66(74)71-63(62-78-70-69(77)68(76)67(75)65(61-72)79-70)64(73)59-57-55-53-51-49-47-45-43-41-39-24-22-20-18-16-14-12-10-8-6-4-2/h26-27,29-30,63-65,67-70,72-73,75-77H,3-25,28,31-62H2,1-2H3,(H,71,74)/b27-26-,30-29-. The maximum Gasteiger partial charge on any atom is 0.220 e. The summed E-state index contributed by atoms with van der Waals surface area (Å²) < 4.78 is 11.4. The van der Waals surface area contributed by atoms with Crippen LogP contribution in [0.25, 0.3) is 0 Å². The minimum atomic E-state index is -1.55. The lowest BCUT2D eigenvalue weighted by Gasteiger charge is -2.40. The molecule has 0 aromatic heterocycles. The fraction of sp³-hybridized carbons (Fsp3) is 0.929. The molecule has 0 aromatic rings. The molecule has 79 heavy (non-hydrogen) atoms. The fourth-order valence-electron chi connectivity index (χ4n) is 11.6. The number of unbranched alkanes of at least 4 members (excludes halogenated alkanes) is 48. The third-order valence-corrected chi connectivity index (χ3v) is 17.1. The Morgan fingerprint density at radius 2 is 0.747 bits per heavy atom. The molecule has 0 spiro atoms. The Kier molecular flexibility index (Phi) is 57.3. The Hall–Kier alpha value is -1.33. The number of ether oxygens (including phenoxy) is 2. The van der Waals surface area contributed by atoms with E-state index in [-0.39, 0.29) is 12.5 Å². The van der Waals surface area contributed by atoms with Crippen LogP contribution in [0.15, 0.2) is 24.3 Å². The molecule has 9 nitrogen and oxygen atoms in total. The molecule has 1 rings (SSSR count). The quantitative estimate of drug-likeness (QED) is 0.0261. The van der Waals surface area contributed by atoms with E-state index >= 15 is 0 Å². The second-order valence-corrected chi connectivity index (χ2v) is 24.7. The lowest BCUT2D eigenvalue weighted by Crippen LogP contribution is -2.60. The van der Waals surface area contributed by atoms with Crippen molar-refractivity contribution in [3.8, 4) is 0 Å². The van der Waals surface area contributed by atoms with Crippen LogP contribution in [0, 0.1) is 0 Å². The highest BCUT2D eigenvalue weighted by Gasteiger charge is 2.44. The van der Waals surface area contributed by atoms with Crippen molar-refractivity contribution >= 4 is 5.91 Å². The van der Waals surface area contributed by atoms with Crippen LogP contribution < -0.4 is 5.32 Å². The van der Waals surface area contributed by atoms with E-state index in [0.717, 1.165) is 44.9 Å². The summed E-state index contributed by atoms with van der Waals surface area (Å²) in [7, 11) is 0. The average Bonchev–Trinajstić information content (AvgIpc) is 3.47. The van der Waals surface area contributed by atoms with Crippen molar-refractivity contribution in [1.82, 2.24) is 5.32 Å². The number of rotatable bonds is 62. The summed E-state index contributed by atoms with van der Waals surface area (Å²) in [6.45, 7) is 3.89. The van der Waals surface area contributed by atoms with Crippen LogP contribution in [-0.4, -0.2) is 87.5 Å². The van der Waals surface area contributed by atoms with Gasteiger partial charge in [-0.05, 0) is 44.9 Å². The van der Waals surface area contributed by atoms with Gasteiger partial charge in [0.05, 0.1) is 25.4 Å². The van der Waals surface area contributed by atoms with Gasteiger partial charge in [0, 0.05) is 6.42 Å². The monoisotopic (exact) mass is 1120 g/mol. The van der Waals surface area contributed by atoms with E-state index in [9.17, 15) is 30.3 Å². The summed E-state index contributed by atoms with van der Waals surface area (Å²) >= 11 is 0. The molecule has 0 aliphatic carbocycles. The van der Waals surface area contributed by atoms with E-state index in [1.165, 1.54) is 289 Å². The topological polar surface area (TPSA) is 149 Å². The Labute approximate surface area is 489 Å². The number of nitrogens with one attached hydrogen (secondary N) is 1. The molecule has 6 N–H and O–H groups in total. The van der Waals surface area contributed by atoms with Crippen LogP contribution in [0.1, 0.15) is 361 Å². The SMILES string of the molecule is CCCCCCCCCCCCC/C=C\C/C=C\CCCCCCCCCCCCCCCCCCCC(=O)NC(COC1OC(CO)C(O)C(O)C1O)C(O)CCCCCCCCCCCCCCCCCCCCCCC. The van der Waals surface area contributed by atoms with Crippen molar-refractivity contribution in [2.24, 2.45) is 0 Å². The van der Waals surface area contributed by atoms with Gasteiger partial charge in [0.2, 0.25) is 5.91 Å². The number of hydrogen-bond acceptors (Lipinski definition) is 8. The first-order valence-electron chi connectivity index (χ1n) is 35.0. The number of carbonyl (C=O) groups excluding carboxylic acids is 1. The van der Waals surface area contributed by atoms with Crippen molar-refractivity contribution in [3.63, 3.8) is 0 Å². The molecular weight excluding hydrogens is 983 g/mol. The van der Waals surface area contributed by atoms with E-state index in [4.69, 9.17) is 9.47 Å². The molecule has 0 bridgehead atoms. The summed E-state index contributed by atoms with van der Waals surface area (Å²) in [5.41, 5.74) is 0. The van der Waals surface area contributed by atoms with Gasteiger partial charge in [0.25, 0.3) is 0 Å². The van der Waals surface area contributed by atoms with Crippen LogP contribution in [0.2, 0.25) is 0 Å².